The summed E-state index contributed by atoms with van der Waals surface area (Å²) in [5.41, 5.74) is 2.76. The minimum atomic E-state index is 0.339. The zero-order chi connectivity index (χ0) is 16.2. The lowest BCUT2D eigenvalue weighted by molar-refractivity contribution is -0.978. The summed E-state index contributed by atoms with van der Waals surface area (Å²) in [5.74, 6) is 1.96. The molecule has 0 aromatic heterocycles. The molecule has 0 spiro atoms. The van der Waals surface area contributed by atoms with Crippen LogP contribution in [-0.2, 0) is 11.2 Å². The van der Waals surface area contributed by atoms with Gasteiger partial charge in [0.2, 0.25) is 5.91 Å². The second-order valence-electron chi connectivity index (χ2n) is 7.14. The molecule has 1 aromatic rings. The van der Waals surface area contributed by atoms with E-state index in [0.29, 0.717) is 24.5 Å². The Labute approximate surface area is 137 Å². The zero-order valence-electron chi connectivity index (χ0n) is 14.2. The molecule has 3 aliphatic heterocycles. The summed E-state index contributed by atoms with van der Waals surface area (Å²) >= 11 is 0. The summed E-state index contributed by atoms with van der Waals surface area (Å²) in [4.78, 5) is 14.3. The molecule has 0 aliphatic carbocycles. The molecule has 0 radical (unpaired) electrons. The zero-order valence-corrected chi connectivity index (χ0v) is 14.2. The molecule has 3 heterocycles. The van der Waals surface area contributed by atoms with Crippen molar-refractivity contribution in [2.24, 2.45) is 0 Å². The fraction of sp³-hybridized carbons (Fsp3) is 0.611. The van der Waals surface area contributed by atoms with Crippen molar-refractivity contribution in [3.63, 3.8) is 0 Å². The topological polar surface area (TPSA) is 38.8 Å². The van der Waals surface area contributed by atoms with Crippen molar-refractivity contribution in [3.8, 4) is 11.5 Å². The van der Waals surface area contributed by atoms with E-state index in [9.17, 15) is 4.79 Å². The van der Waals surface area contributed by atoms with Gasteiger partial charge in [-0.2, -0.15) is 0 Å². The van der Waals surface area contributed by atoms with E-state index in [2.05, 4.69) is 24.1 Å². The van der Waals surface area contributed by atoms with E-state index in [1.54, 1.807) is 14.2 Å². The number of likely N-dealkylation sites (N-methyl/N-ethyl adjacent to an activating group) is 1. The molecule has 2 fully saturated rings. The number of rotatable bonds is 2. The summed E-state index contributed by atoms with van der Waals surface area (Å²) in [6.07, 6.45) is 4.11. The average Bonchev–Trinajstić information content (AvgIpc) is 2.95. The van der Waals surface area contributed by atoms with E-state index in [0.717, 1.165) is 48.3 Å². The maximum atomic E-state index is 12.1. The molecule has 3 aliphatic rings. The van der Waals surface area contributed by atoms with Crippen LogP contribution in [0, 0.1) is 0 Å². The molecule has 0 N–H and O–H groups in total. The van der Waals surface area contributed by atoms with Crippen LogP contribution in [-0.4, -0.2) is 55.8 Å². The van der Waals surface area contributed by atoms with Gasteiger partial charge in [0.25, 0.3) is 0 Å². The minimum absolute atomic E-state index is 0.339. The van der Waals surface area contributed by atoms with Crippen LogP contribution < -0.4 is 9.47 Å². The predicted octanol–water partition coefficient (Wildman–Crippen LogP) is 2.10. The lowest BCUT2D eigenvalue weighted by Crippen LogP contribution is -2.65. The second-order valence-corrected chi connectivity index (χ2v) is 7.14. The summed E-state index contributed by atoms with van der Waals surface area (Å²) < 4.78 is 12.0. The first-order valence-corrected chi connectivity index (χ1v) is 8.47. The standard InChI is InChI=1S/C18H25N2O3/c1-20-9-7-12-10-15(22-2)16(23-3)11-13(12)14(20)6-8-19-17(20)4-5-18(19)21/h10-11,14,17H,4-9H2,1-3H3/q+1. The molecule has 1 aromatic carbocycles. The molecule has 2 saturated heterocycles. The van der Waals surface area contributed by atoms with E-state index in [1.165, 1.54) is 11.1 Å². The Bertz CT molecular complexity index is 660. The van der Waals surface area contributed by atoms with Gasteiger partial charge in [0.15, 0.2) is 17.7 Å². The summed E-state index contributed by atoms with van der Waals surface area (Å²) in [6, 6.07) is 4.76. The van der Waals surface area contributed by atoms with E-state index >= 15 is 0 Å². The molecule has 3 unspecified atom stereocenters. The molecule has 23 heavy (non-hydrogen) atoms. The highest BCUT2D eigenvalue weighted by atomic mass is 16.5. The summed E-state index contributed by atoms with van der Waals surface area (Å²) in [5, 5.41) is 0. The molecular weight excluding hydrogens is 292 g/mol. The molecular formula is C18H25N2O3+. The van der Waals surface area contributed by atoms with Gasteiger partial charge in [-0.25, -0.2) is 0 Å². The van der Waals surface area contributed by atoms with Crippen molar-refractivity contribution in [2.45, 2.75) is 37.9 Å². The number of quaternary nitrogens is 1. The number of amides is 1. The van der Waals surface area contributed by atoms with E-state index in [1.807, 2.05) is 0 Å². The highest BCUT2D eigenvalue weighted by molar-refractivity contribution is 5.78. The molecule has 4 rings (SSSR count). The number of carbonyl (C=O) groups excluding carboxylic acids is 1. The molecule has 0 saturated carbocycles. The van der Waals surface area contributed by atoms with E-state index in [4.69, 9.17) is 9.47 Å². The maximum Gasteiger partial charge on any atom is 0.227 e. The van der Waals surface area contributed by atoms with Crippen LogP contribution in [0.4, 0.5) is 0 Å². The Morgan fingerprint density at radius 3 is 2.61 bits per heavy atom. The maximum absolute atomic E-state index is 12.1. The van der Waals surface area contributed by atoms with Crippen molar-refractivity contribution in [3.05, 3.63) is 23.3 Å². The van der Waals surface area contributed by atoms with E-state index < -0.39 is 0 Å². The summed E-state index contributed by atoms with van der Waals surface area (Å²) in [7, 11) is 5.72. The highest BCUT2D eigenvalue weighted by Gasteiger charge is 2.53. The molecule has 5 heteroatoms. The number of benzene rings is 1. The van der Waals surface area contributed by atoms with Gasteiger partial charge in [0.05, 0.1) is 27.8 Å². The first kappa shape index (κ1) is 14.8. The first-order valence-electron chi connectivity index (χ1n) is 8.47. The van der Waals surface area contributed by atoms with Gasteiger partial charge < -0.3 is 9.47 Å². The molecule has 5 nitrogen and oxygen atoms in total. The Balaban J connectivity index is 1.77. The Morgan fingerprint density at radius 2 is 1.87 bits per heavy atom. The molecule has 1 amide bonds. The Morgan fingerprint density at radius 1 is 1.13 bits per heavy atom. The van der Waals surface area contributed by atoms with Gasteiger partial charge in [-0.3, -0.25) is 14.2 Å². The van der Waals surface area contributed by atoms with Gasteiger partial charge >= 0.3 is 0 Å². The van der Waals surface area contributed by atoms with Crippen LogP contribution in [0.3, 0.4) is 0 Å². The lowest BCUT2D eigenvalue weighted by atomic mass is 9.85. The number of carbonyl (C=O) groups is 1. The second kappa shape index (κ2) is 5.13. The number of fused-ring (bicyclic) bond motifs is 5. The normalized spacial score (nSPS) is 32.1. The van der Waals surface area contributed by atoms with Crippen molar-refractivity contribution in [1.82, 2.24) is 4.90 Å². The number of hydrogen-bond acceptors (Lipinski definition) is 3. The van der Waals surface area contributed by atoms with Crippen LogP contribution in [0.5, 0.6) is 11.5 Å². The molecule has 124 valence electrons. The highest BCUT2D eigenvalue weighted by Crippen LogP contribution is 2.48. The smallest absolute Gasteiger partial charge is 0.227 e. The predicted molar refractivity (Wildman–Crippen MR) is 86.4 cm³/mol. The SMILES string of the molecule is COc1cc2c(cc1OC)C1CCN3C(=O)CCC3[N+]1(C)CC2. The van der Waals surface area contributed by atoms with Crippen molar-refractivity contribution in [2.75, 3.05) is 34.4 Å². The van der Waals surface area contributed by atoms with Crippen molar-refractivity contribution < 1.29 is 18.8 Å². The first-order chi connectivity index (χ1) is 11.1. The third-order valence-electron chi connectivity index (χ3n) is 6.20. The quantitative estimate of drug-likeness (QED) is 0.784. The summed E-state index contributed by atoms with van der Waals surface area (Å²) in [6.45, 7) is 1.97. The fourth-order valence-electron chi connectivity index (χ4n) is 4.97. The lowest BCUT2D eigenvalue weighted by Gasteiger charge is -2.54. The van der Waals surface area contributed by atoms with E-state index in [-0.39, 0.29) is 0 Å². The van der Waals surface area contributed by atoms with Gasteiger partial charge in [-0.15, -0.1) is 0 Å². The van der Waals surface area contributed by atoms with Crippen LogP contribution in [0.15, 0.2) is 12.1 Å². The molecule has 0 bridgehead atoms. The number of ether oxygens (including phenoxy) is 2. The minimum Gasteiger partial charge on any atom is -0.493 e. The Hall–Kier alpha value is -1.75. The number of methoxy groups -OCH3 is 2. The monoisotopic (exact) mass is 317 g/mol. The van der Waals surface area contributed by atoms with Crippen LogP contribution in [0.1, 0.15) is 36.4 Å². The van der Waals surface area contributed by atoms with Crippen LogP contribution in [0.2, 0.25) is 0 Å². The fourth-order valence-corrected chi connectivity index (χ4v) is 4.97. The van der Waals surface area contributed by atoms with Gasteiger partial charge in [-0.05, 0) is 17.7 Å². The molecule has 3 atom stereocenters. The van der Waals surface area contributed by atoms with Crippen molar-refractivity contribution >= 4 is 5.91 Å². The van der Waals surface area contributed by atoms with Gasteiger partial charge in [0, 0.05) is 37.8 Å². The van der Waals surface area contributed by atoms with Crippen LogP contribution in [0.25, 0.3) is 0 Å². The van der Waals surface area contributed by atoms with Gasteiger partial charge in [0.1, 0.15) is 6.04 Å². The Kier molecular flexibility index (Phi) is 3.30. The third-order valence-corrected chi connectivity index (χ3v) is 6.20. The largest absolute Gasteiger partial charge is 0.493 e. The van der Waals surface area contributed by atoms with Gasteiger partial charge in [-0.1, -0.05) is 0 Å². The van der Waals surface area contributed by atoms with Crippen LogP contribution >= 0.6 is 0 Å². The third kappa shape index (κ3) is 1.99. The number of hydrogen-bond donors (Lipinski definition) is 0. The number of nitrogens with zero attached hydrogens (tertiary/aromatic N) is 2. The van der Waals surface area contributed by atoms with Crippen molar-refractivity contribution in [1.29, 1.82) is 0 Å². The average molecular weight is 317 g/mol.